The van der Waals surface area contributed by atoms with Crippen LogP contribution in [0.4, 0.5) is 0 Å². The molecule has 10 heavy (non-hydrogen) atoms. The van der Waals surface area contributed by atoms with Crippen molar-refractivity contribution < 1.29 is 24.0 Å². The van der Waals surface area contributed by atoms with Gasteiger partial charge in [0.1, 0.15) is 0 Å². The molecular weight excluding hydrogens is 254 g/mol. The molecular formula is C8H18IP. The van der Waals surface area contributed by atoms with Crippen LogP contribution in [0.1, 0.15) is 39.0 Å². The summed E-state index contributed by atoms with van der Waals surface area (Å²) in [6.45, 7) is 2.31. The molecule has 0 aromatic heterocycles. The van der Waals surface area contributed by atoms with E-state index in [0.29, 0.717) is 0 Å². The smallest absolute Gasteiger partial charge is 0.0652 e. The first-order valence-electron chi connectivity index (χ1n) is 4.27. The van der Waals surface area contributed by atoms with Gasteiger partial charge in [-0.05, 0) is 40.7 Å². The number of hydrogen-bond acceptors (Lipinski definition) is 0. The second-order valence-electron chi connectivity index (χ2n) is 3.07. The second kappa shape index (κ2) is 6.84. The first kappa shape index (κ1) is 11.2. The maximum atomic E-state index is 2.31. The molecule has 1 rings (SSSR count). The average Bonchev–Trinajstić information content (AvgIpc) is 2.34. The molecule has 0 radical (unpaired) electrons. The van der Waals surface area contributed by atoms with Crippen molar-refractivity contribution in [2.75, 3.05) is 6.16 Å². The molecule has 1 unspecified atom stereocenters. The van der Waals surface area contributed by atoms with Crippen LogP contribution in [0.2, 0.25) is 0 Å². The minimum Gasteiger partial charge on any atom is -1.00 e. The predicted octanol–water partition coefficient (Wildman–Crippen LogP) is -0.246. The largest absolute Gasteiger partial charge is 1.00 e. The Hall–Kier alpha value is 1.16. The van der Waals surface area contributed by atoms with Gasteiger partial charge in [-0.2, -0.15) is 0 Å². The van der Waals surface area contributed by atoms with Gasteiger partial charge in [0.05, 0.1) is 11.8 Å². The summed E-state index contributed by atoms with van der Waals surface area (Å²) in [6, 6.07) is 0. The van der Waals surface area contributed by atoms with Gasteiger partial charge >= 0.3 is 0 Å². The maximum absolute atomic E-state index is 2.31. The van der Waals surface area contributed by atoms with Crippen molar-refractivity contribution in [1.29, 1.82) is 0 Å². The molecule has 0 bridgehead atoms. The first-order valence-corrected chi connectivity index (χ1v) is 5.75. The van der Waals surface area contributed by atoms with Crippen LogP contribution < -0.4 is 24.0 Å². The monoisotopic (exact) mass is 272 g/mol. The van der Waals surface area contributed by atoms with Crippen LogP contribution in [0.15, 0.2) is 0 Å². The summed E-state index contributed by atoms with van der Waals surface area (Å²) in [5, 5.41) is 0. The van der Waals surface area contributed by atoms with Crippen LogP contribution in [0, 0.1) is 0 Å². The van der Waals surface area contributed by atoms with E-state index in [1.807, 2.05) is 0 Å². The van der Waals surface area contributed by atoms with Crippen LogP contribution >= 0.6 is 8.58 Å². The van der Waals surface area contributed by atoms with E-state index < -0.39 is 0 Å². The predicted molar refractivity (Wildman–Crippen MR) is 47.1 cm³/mol. The van der Waals surface area contributed by atoms with E-state index in [0.717, 1.165) is 8.58 Å². The van der Waals surface area contributed by atoms with Crippen molar-refractivity contribution in [3.8, 4) is 0 Å². The summed E-state index contributed by atoms with van der Waals surface area (Å²) in [5.74, 6) is 0. The highest BCUT2D eigenvalue weighted by molar-refractivity contribution is 7.38. The molecule has 0 aliphatic heterocycles. The van der Waals surface area contributed by atoms with E-state index in [1.165, 1.54) is 24.9 Å². The lowest BCUT2D eigenvalue weighted by atomic mass is 10.4. The quantitative estimate of drug-likeness (QED) is 0.491. The van der Waals surface area contributed by atoms with Crippen LogP contribution in [0.3, 0.4) is 0 Å². The Morgan fingerprint density at radius 3 is 2.40 bits per heavy atom. The third-order valence-electron chi connectivity index (χ3n) is 2.19. The zero-order chi connectivity index (χ0) is 6.53. The molecule has 1 aliphatic rings. The minimum absolute atomic E-state index is 0. The molecule has 2 heteroatoms. The van der Waals surface area contributed by atoms with Gasteiger partial charge in [-0.3, -0.25) is 0 Å². The second-order valence-corrected chi connectivity index (χ2v) is 5.06. The molecule has 0 N–H and O–H groups in total. The van der Waals surface area contributed by atoms with Gasteiger partial charge in [-0.25, -0.2) is 0 Å². The molecule has 1 fully saturated rings. The van der Waals surface area contributed by atoms with Crippen molar-refractivity contribution in [2.45, 2.75) is 44.7 Å². The van der Waals surface area contributed by atoms with Crippen molar-refractivity contribution in [1.82, 2.24) is 0 Å². The topological polar surface area (TPSA) is 0 Å². The highest BCUT2D eigenvalue weighted by Gasteiger charge is 2.18. The van der Waals surface area contributed by atoms with Gasteiger partial charge in [0, 0.05) is 0 Å². The molecule has 0 spiro atoms. The summed E-state index contributed by atoms with van der Waals surface area (Å²) >= 11 is 0. The van der Waals surface area contributed by atoms with Gasteiger partial charge in [-0.1, -0.05) is 6.92 Å². The SMILES string of the molecule is CCC[PH2+]C1CCCC1.[I-]. The fraction of sp³-hybridized carbons (Fsp3) is 1.00. The van der Waals surface area contributed by atoms with Crippen molar-refractivity contribution >= 4 is 8.58 Å². The maximum Gasteiger partial charge on any atom is 0.0652 e. The lowest BCUT2D eigenvalue weighted by Gasteiger charge is -1.98. The highest BCUT2D eigenvalue weighted by atomic mass is 127. The summed E-state index contributed by atoms with van der Waals surface area (Å²) in [6.07, 6.45) is 9.16. The molecule has 1 aliphatic carbocycles. The summed E-state index contributed by atoms with van der Waals surface area (Å²) in [5.41, 5.74) is 1.20. The lowest BCUT2D eigenvalue weighted by molar-refractivity contribution is -0.00000193. The molecule has 0 amide bonds. The van der Waals surface area contributed by atoms with Crippen LogP contribution in [0.25, 0.3) is 0 Å². The van der Waals surface area contributed by atoms with Crippen LogP contribution in [-0.4, -0.2) is 11.8 Å². The van der Waals surface area contributed by atoms with E-state index in [1.54, 1.807) is 19.0 Å². The van der Waals surface area contributed by atoms with Crippen molar-refractivity contribution in [3.05, 3.63) is 0 Å². The van der Waals surface area contributed by atoms with Crippen LogP contribution in [-0.2, 0) is 0 Å². The Balaban J connectivity index is 0.000000810. The van der Waals surface area contributed by atoms with Gasteiger partial charge < -0.3 is 24.0 Å². The third-order valence-corrected chi connectivity index (χ3v) is 4.43. The third kappa shape index (κ3) is 4.12. The molecule has 62 valence electrons. The van der Waals surface area contributed by atoms with Crippen molar-refractivity contribution in [2.24, 2.45) is 0 Å². The zero-order valence-electron chi connectivity index (χ0n) is 6.78. The number of rotatable bonds is 3. The molecule has 0 aromatic carbocycles. The van der Waals surface area contributed by atoms with Gasteiger partial charge in [0.2, 0.25) is 0 Å². The molecule has 0 aromatic rings. The highest BCUT2D eigenvalue weighted by Crippen LogP contribution is 2.33. The van der Waals surface area contributed by atoms with Crippen LogP contribution in [0.5, 0.6) is 0 Å². The van der Waals surface area contributed by atoms with E-state index in [-0.39, 0.29) is 24.0 Å². The normalized spacial score (nSPS) is 20.1. The standard InChI is InChI=1S/C8H17P.HI/c1-2-7-9-8-5-3-4-6-8;/h8-9H,2-7H2,1H3;1H. The Bertz CT molecular complexity index is 69.7. The minimum atomic E-state index is 0. The lowest BCUT2D eigenvalue weighted by Crippen LogP contribution is -3.00. The Kier molecular flexibility index (Phi) is 7.64. The van der Waals surface area contributed by atoms with E-state index >= 15 is 0 Å². The van der Waals surface area contributed by atoms with E-state index in [2.05, 4.69) is 6.92 Å². The summed E-state index contributed by atoms with van der Waals surface area (Å²) in [7, 11) is 0.837. The number of halogens is 1. The Labute approximate surface area is 83.3 Å². The summed E-state index contributed by atoms with van der Waals surface area (Å²) < 4.78 is 0. The molecule has 1 atom stereocenters. The number of hydrogen-bond donors (Lipinski definition) is 0. The van der Waals surface area contributed by atoms with Gasteiger partial charge in [0.25, 0.3) is 0 Å². The average molecular weight is 272 g/mol. The van der Waals surface area contributed by atoms with Gasteiger partial charge in [0.15, 0.2) is 0 Å². The fourth-order valence-corrected chi connectivity index (χ4v) is 3.34. The van der Waals surface area contributed by atoms with Crippen molar-refractivity contribution in [3.63, 3.8) is 0 Å². The van der Waals surface area contributed by atoms with E-state index in [4.69, 9.17) is 0 Å². The molecule has 0 nitrogen and oxygen atoms in total. The fourth-order valence-electron chi connectivity index (χ4n) is 1.60. The molecule has 0 saturated heterocycles. The van der Waals surface area contributed by atoms with E-state index in [9.17, 15) is 0 Å². The summed E-state index contributed by atoms with van der Waals surface area (Å²) in [4.78, 5) is 0. The van der Waals surface area contributed by atoms with Gasteiger partial charge in [-0.15, -0.1) is 0 Å². The Morgan fingerprint density at radius 1 is 1.30 bits per heavy atom. The first-order chi connectivity index (χ1) is 4.43. The molecule has 1 saturated carbocycles. The molecule has 0 heterocycles. The Morgan fingerprint density at radius 2 is 1.90 bits per heavy atom. The zero-order valence-corrected chi connectivity index (χ0v) is 10.1.